The molecule has 1 heterocycles. The van der Waals surface area contributed by atoms with Crippen molar-refractivity contribution in [3.8, 4) is 5.88 Å². The fraction of sp³-hybridized carbons (Fsp3) is 0.500. The van der Waals surface area contributed by atoms with Gasteiger partial charge in [-0.3, -0.25) is 0 Å². The van der Waals surface area contributed by atoms with Gasteiger partial charge in [0.25, 0.3) is 0 Å². The minimum atomic E-state index is -4.30. The van der Waals surface area contributed by atoms with E-state index in [0.29, 0.717) is 0 Å². The highest BCUT2D eigenvalue weighted by molar-refractivity contribution is 5.63. The molecule has 0 radical (unpaired) electrons. The zero-order valence-electron chi connectivity index (χ0n) is 9.58. The van der Waals surface area contributed by atoms with Crippen LogP contribution in [0.25, 0.3) is 0 Å². The van der Waals surface area contributed by atoms with E-state index in [-0.39, 0.29) is 23.9 Å². The first-order chi connectivity index (χ1) is 7.87. The van der Waals surface area contributed by atoms with Gasteiger partial charge in [0.15, 0.2) is 5.82 Å². The van der Waals surface area contributed by atoms with E-state index in [9.17, 15) is 13.2 Å². The Morgan fingerprint density at radius 3 is 2.53 bits per heavy atom. The van der Waals surface area contributed by atoms with Crippen LogP contribution in [-0.4, -0.2) is 31.4 Å². The monoisotopic (exact) mass is 249 g/mol. The van der Waals surface area contributed by atoms with Crippen LogP contribution in [0, 0.1) is 0 Å². The van der Waals surface area contributed by atoms with Crippen molar-refractivity contribution < 1.29 is 17.9 Å². The molecule has 0 spiro atoms. The summed E-state index contributed by atoms with van der Waals surface area (Å²) in [5.74, 6) is 0.319. The predicted octanol–water partition coefficient (Wildman–Crippen LogP) is 2.06. The smallest absolute Gasteiger partial charge is 0.405 e. The fourth-order valence-electron chi connectivity index (χ4n) is 1.36. The SMILES string of the molecule is CCN(CC(F)(F)F)c1nc(OC)ccc1N. The number of hydrogen-bond acceptors (Lipinski definition) is 4. The Morgan fingerprint density at radius 2 is 2.06 bits per heavy atom. The van der Waals surface area contributed by atoms with Crippen molar-refractivity contribution in [2.45, 2.75) is 13.1 Å². The van der Waals surface area contributed by atoms with Gasteiger partial charge < -0.3 is 15.4 Å². The summed E-state index contributed by atoms with van der Waals surface area (Å²) in [6, 6.07) is 2.97. The molecular formula is C10H14F3N3O. The summed E-state index contributed by atoms with van der Waals surface area (Å²) in [6.07, 6.45) is -4.30. The number of nitrogens with zero attached hydrogens (tertiary/aromatic N) is 2. The molecule has 0 saturated heterocycles. The van der Waals surface area contributed by atoms with E-state index in [1.165, 1.54) is 19.2 Å². The Bertz CT molecular complexity index is 382. The highest BCUT2D eigenvalue weighted by Crippen LogP contribution is 2.26. The molecule has 0 aliphatic heterocycles. The molecule has 0 saturated carbocycles. The highest BCUT2D eigenvalue weighted by Gasteiger charge is 2.31. The van der Waals surface area contributed by atoms with Crippen molar-refractivity contribution in [1.82, 2.24) is 4.98 Å². The van der Waals surface area contributed by atoms with Gasteiger partial charge in [0.2, 0.25) is 5.88 Å². The zero-order valence-corrected chi connectivity index (χ0v) is 9.58. The number of halogens is 3. The number of pyridine rings is 1. The van der Waals surface area contributed by atoms with E-state index in [0.717, 1.165) is 4.90 Å². The maximum absolute atomic E-state index is 12.4. The number of alkyl halides is 3. The first kappa shape index (κ1) is 13.4. The molecule has 17 heavy (non-hydrogen) atoms. The second-order valence-electron chi connectivity index (χ2n) is 3.40. The average Bonchev–Trinajstić information content (AvgIpc) is 2.25. The topological polar surface area (TPSA) is 51.4 Å². The van der Waals surface area contributed by atoms with Gasteiger partial charge in [-0.15, -0.1) is 0 Å². The molecule has 0 aromatic carbocycles. The third-order valence-electron chi connectivity index (χ3n) is 2.14. The second-order valence-corrected chi connectivity index (χ2v) is 3.40. The molecule has 1 aromatic heterocycles. The number of aromatic nitrogens is 1. The number of ether oxygens (including phenoxy) is 1. The van der Waals surface area contributed by atoms with Gasteiger partial charge in [0.1, 0.15) is 6.54 Å². The Hall–Kier alpha value is -1.66. The fourth-order valence-corrected chi connectivity index (χ4v) is 1.36. The van der Waals surface area contributed by atoms with Crippen LogP contribution in [-0.2, 0) is 0 Å². The lowest BCUT2D eigenvalue weighted by molar-refractivity contribution is -0.119. The Morgan fingerprint density at radius 1 is 1.41 bits per heavy atom. The van der Waals surface area contributed by atoms with Crippen molar-refractivity contribution in [1.29, 1.82) is 0 Å². The van der Waals surface area contributed by atoms with Crippen LogP contribution in [0.1, 0.15) is 6.92 Å². The Labute approximate surface area is 97.2 Å². The van der Waals surface area contributed by atoms with Gasteiger partial charge in [-0.25, -0.2) is 0 Å². The molecule has 0 aliphatic rings. The predicted molar refractivity (Wildman–Crippen MR) is 59.1 cm³/mol. The van der Waals surface area contributed by atoms with Gasteiger partial charge in [0, 0.05) is 12.6 Å². The lowest BCUT2D eigenvalue weighted by atomic mass is 10.3. The molecule has 0 fully saturated rings. The van der Waals surface area contributed by atoms with Gasteiger partial charge in [-0.2, -0.15) is 18.2 Å². The summed E-state index contributed by atoms with van der Waals surface area (Å²) in [5, 5.41) is 0. The van der Waals surface area contributed by atoms with E-state index >= 15 is 0 Å². The first-order valence-electron chi connectivity index (χ1n) is 4.99. The quantitative estimate of drug-likeness (QED) is 0.887. The van der Waals surface area contributed by atoms with Crippen LogP contribution >= 0.6 is 0 Å². The first-order valence-corrected chi connectivity index (χ1v) is 4.99. The van der Waals surface area contributed by atoms with Gasteiger partial charge in [0.05, 0.1) is 12.8 Å². The van der Waals surface area contributed by atoms with E-state index < -0.39 is 12.7 Å². The normalized spacial score (nSPS) is 11.4. The molecule has 1 aromatic rings. The number of rotatable bonds is 4. The Balaban J connectivity index is 3.02. The van der Waals surface area contributed by atoms with Crippen LogP contribution in [0.15, 0.2) is 12.1 Å². The summed E-state index contributed by atoms with van der Waals surface area (Å²) >= 11 is 0. The number of anilines is 2. The minimum Gasteiger partial charge on any atom is -0.481 e. The van der Waals surface area contributed by atoms with E-state index in [2.05, 4.69) is 4.98 Å². The number of methoxy groups -OCH3 is 1. The van der Waals surface area contributed by atoms with Crippen LogP contribution < -0.4 is 15.4 Å². The summed E-state index contributed by atoms with van der Waals surface area (Å²) in [5.41, 5.74) is 5.80. The maximum Gasteiger partial charge on any atom is 0.405 e. The van der Waals surface area contributed by atoms with Crippen molar-refractivity contribution in [2.24, 2.45) is 0 Å². The average molecular weight is 249 g/mol. The van der Waals surface area contributed by atoms with Crippen LogP contribution in [0.3, 0.4) is 0 Å². The molecule has 0 aliphatic carbocycles. The molecule has 1 rings (SSSR count). The molecule has 0 unspecified atom stereocenters. The standard InChI is InChI=1S/C10H14F3N3O/c1-3-16(6-10(11,12)13)9-7(14)4-5-8(15-9)17-2/h4-5H,3,6,14H2,1-2H3. The summed E-state index contributed by atoms with van der Waals surface area (Å²) in [4.78, 5) is 4.98. The van der Waals surface area contributed by atoms with Crippen LogP contribution in [0.5, 0.6) is 5.88 Å². The van der Waals surface area contributed by atoms with Crippen molar-refractivity contribution in [3.05, 3.63) is 12.1 Å². The Kier molecular flexibility index (Phi) is 4.03. The molecular weight excluding hydrogens is 235 g/mol. The zero-order chi connectivity index (χ0) is 13.1. The summed E-state index contributed by atoms with van der Waals surface area (Å²) in [6.45, 7) is 0.671. The maximum atomic E-state index is 12.4. The summed E-state index contributed by atoms with van der Waals surface area (Å²) in [7, 11) is 1.39. The molecule has 2 N–H and O–H groups in total. The lowest BCUT2D eigenvalue weighted by Gasteiger charge is -2.24. The van der Waals surface area contributed by atoms with Crippen LogP contribution in [0.2, 0.25) is 0 Å². The molecule has 7 heteroatoms. The molecule has 96 valence electrons. The third kappa shape index (κ3) is 3.69. The van der Waals surface area contributed by atoms with E-state index in [1.807, 2.05) is 0 Å². The lowest BCUT2D eigenvalue weighted by Crippen LogP contribution is -2.35. The molecule has 0 amide bonds. The number of nitrogen functional groups attached to an aromatic ring is 1. The number of nitrogens with two attached hydrogens (primary N) is 1. The van der Waals surface area contributed by atoms with Gasteiger partial charge in [-0.1, -0.05) is 0 Å². The third-order valence-corrected chi connectivity index (χ3v) is 2.14. The van der Waals surface area contributed by atoms with Crippen molar-refractivity contribution in [3.63, 3.8) is 0 Å². The van der Waals surface area contributed by atoms with E-state index in [1.54, 1.807) is 6.92 Å². The largest absolute Gasteiger partial charge is 0.481 e. The van der Waals surface area contributed by atoms with Crippen LogP contribution in [0.4, 0.5) is 24.7 Å². The molecule has 0 bridgehead atoms. The second kappa shape index (κ2) is 5.11. The van der Waals surface area contributed by atoms with E-state index in [4.69, 9.17) is 10.5 Å². The number of hydrogen-bond donors (Lipinski definition) is 1. The van der Waals surface area contributed by atoms with Gasteiger partial charge >= 0.3 is 6.18 Å². The molecule has 4 nitrogen and oxygen atoms in total. The molecule has 0 atom stereocenters. The minimum absolute atomic E-state index is 0.0872. The van der Waals surface area contributed by atoms with Crippen molar-refractivity contribution in [2.75, 3.05) is 30.8 Å². The summed E-state index contributed by atoms with van der Waals surface area (Å²) < 4.78 is 41.9. The van der Waals surface area contributed by atoms with Crippen molar-refractivity contribution >= 4 is 11.5 Å². The highest BCUT2D eigenvalue weighted by atomic mass is 19.4. The van der Waals surface area contributed by atoms with Gasteiger partial charge in [-0.05, 0) is 13.0 Å².